The van der Waals surface area contributed by atoms with Crippen LogP contribution in [0.4, 0.5) is 11.8 Å². The third-order valence-corrected chi connectivity index (χ3v) is 5.64. The molecular weight excluding hydrogens is 440 g/mol. The van der Waals surface area contributed by atoms with E-state index in [1.165, 1.54) is 0 Å². The number of rotatable bonds is 7. The van der Waals surface area contributed by atoms with E-state index in [0.717, 1.165) is 34.1 Å². The predicted molar refractivity (Wildman–Crippen MR) is 125 cm³/mol. The van der Waals surface area contributed by atoms with Crippen LogP contribution in [0.1, 0.15) is 17.5 Å². The molecule has 0 saturated heterocycles. The van der Waals surface area contributed by atoms with Gasteiger partial charge in [0, 0.05) is 49.6 Å². The fourth-order valence-corrected chi connectivity index (χ4v) is 3.74. The highest BCUT2D eigenvalue weighted by atomic mass is 35.5. The van der Waals surface area contributed by atoms with Crippen LogP contribution in [0.15, 0.2) is 67.1 Å². The summed E-state index contributed by atoms with van der Waals surface area (Å²) < 4.78 is 9.38. The van der Waals surface area contributed by atoms with Crippen molar-refractivity contribution in [1.29, 1.82) is 0 Å². The van der Waals surface area contributed by atoms with E-state index in [2.05, 4.69) is 30.6 Å². The van der Waals surface area contributed by atoms with Crippen molar-refractivity contribution in [2.24, 2.45) is 7.05 Å². The Bertz CT molecular complexity index is 1400. The molecule has 0 aliphatic rings. The highest BCUT2D eigenvalue weighted by Crippen LogP contribution is 2.25. The van der Waals surface area contributed by atoms with Gasteiger partial charge in [-0.15, -0.1) is 10.2 Å². The molecule has 0 fully saturated rings. The number of pyridine rings is 1. The average Bonchev–Trinajstić information content (AvgIpc) is 3.43. The van der Waals surface area contributed by atoms with Gasteiger partial charge in [-0.25, -0.2) is 9.97 Å². The summed E-state index contributed by atoms with van der Waals surface area (Å²) in [6, 6.07) is 15.3. The van der Waals surface area contributed by atoms with Crippen LogP contribution in [0.5, 0.6) is 0 Å². The van der Waals surface area contributed by atoms with E-state index in [1.54, 1.807) is 24.2 Å². The average molecular weight is 461 g/mol. The molecule has 10 heteroatoms. The van der Waals surface area contributed by atoms with Crippen molar-refractivity contribution in [3.8, 4) is 11.3 Å². The van der Waals surface area contributed by atoms with Gasteiger partial charge >= 0.3 is 0 Å². The van der Waals surface area contributed by atoms with Crippen molar-refractivity contribution < 1.29 is 4.74 Å². The summed E-state index contributed by atoms with van der Waals surface area (Å²) >= 11 is 6.01. The summed E-state index contributed by atoms with van der Waals surface area (Å²) in [5, 5.41) is 16.8. The van der Waals surface area contributed by atoms with Crippen molar-refractivity contribution in [3.05, 3.63) is 83.5 Å². The van der Waals surface area contributed by atoms with Crippen LogP contribution < -0.4 is 5.32 Å². The van der Waals surface area contributed by atoms with Gasteiger partial charge in [0.15, 0.2) is 5.65 Å². The smallest absolute Gasteiger partial charge is 0.228 e. The monoisotopic (exact) mass is 460 g/mol. The van der Waals surface area contributed by atoms with Gasteiger partial charge in [0.1, 0.15) is 11.6 Å². The molecule has 4 heterocycles. The predicted octanol–water partition coefficient (Wildman–Crippen LogP) is 4.25. The van der Waals surface area contributed by atoms with Gasteiger partial charge in [-0.1, -0.05) is 23.7 Å². The lowest BCUT2D eigenvalue weighted by molar-refractivity contribution is 0.102. The van der Waals surface area contributed by atoms with E-state index in [1.807, 2.05) is 66.2 Å². The van der Waals surface area contributed by atoms with Crippen LogP contribution in [0.2, 0.25) is 5.02 Å². The third kappa shape index (κ3) is 4.41. The number of methoxy groups -OCH3 is 1. The number of hydrogen-bond acceptors (Lipinski definition) is 7. The SMILES string of the molecule is COC(Cc1nnc2cc(-c3ccnc(Nc4ccnn4C)n3)ccn12)c1ccc(Cl)cc1. The molecule has 5 rings (SSSR count). The quantitative estimate of drug-likeness (QED) is 0.388. The van der Waals surface area contributed by atoms with Gasteiger partial charge in [-0.05, 0) is 35.9 Å². The van der Waals surface area contributed by atoms with Gasteiger partial charge in [0.2, 0.25) is 5.95 Å². The minimum Gasteiger partial charge on any atom is -0.376 e. The molecule has 1 N–H and O–H groups in total. The number of hydrogen-bond donors (Lipinski definition) is 1. The summed E-state index contributed by atoms with van der Waals surface area (Å²) in [6.07, 6.45) is 5.80. The van der Waals surface area contributed by atoms with Crippen LogP contribution in [0, 0.1) is 0 Å². The number of ether oxygens (including phenoxy) is 1. The maximum Gasteiger partial charge on any atom is 0.228 e. The van der Waals surface area contributed by atoms with Crippen LogP contribution in [0.3, 0.4) is 0 Å². The highest BCUT2D eigenvalue weighted by molar-refractivity contribution is 6.30. The summed E-state index contributed by atoms with van der Waals surface area (Å²) in [5.74, 6) is 2.10. The lowest BCUT2D eigenvalue weighted by Crippen LogP contribution is -2.08. The van der Waals surface area contributed by atoms with Crippen LogP contribution in [-0.4, -0.2) is 41.5 Å². The zero-order chi connectivity index (χ0) is 22.8. The number of aromatic nitrogens is 7. The van der Waals surface area contributed by atoms with E-state index in [0.29, 0.717) is 17.4 Å². The minimum absolute atomic E-state index is 0.156. The number of fused-ring (bicyclic) bond motifs is 1. The minimum atomic E-state index is -0.156. The molecule has 166 valence electrons. The van der Waals surface area contributed by atoms with Gasteiger partial charge < -0.3 is 10.1 Å². The lowest BCUT2D eigenvalue weighted by atomic mass is 10.1. The number of benzene rings is 1. The van der Waals surface area contributed by atoms with Crippen LogP contribution in [-0.2, 0) is 18.2 Å². The second-order valence-corrected chi connectivity index (χ2v) is 7.91. The molecule has 0 saturated carbocycles. The molecule has 0 bridgehead atoms. The summed E-state index contributed by atoms with van der Waals surface area (Å²) in [4.78, 5) is 8.93. The number of nitrogens with zero attached hydrogens (tertiary/aromatic N) is 7. The fourth-order valence-electron chi connectivity index (χ4n) is 3.61. The van der Waals surface area contributed by atoms with Crippen molar-refractivity contribution >= 4 is 29.0 Å². The molecular formula is C23H21ClN8O. The first-order valence-corrected chi connectivity index (χ1v) is 10.7. The lowest BCUT2D eigenvalue weighted by Gasteiger charge is -2.15. The maximum atomic E-state index is 6.01. The molecule has 0 radical (unpaired) electrons. The molecule has 5 aromatic rings. The molecule has 9 nitrogen and oxygen atoms in total. The van der Waals surface area contributed by atoms with Crippen LogP contribution >= 0.6 is 11.6 Å². The molecule has 33 heavy (non-hydrogen) atoms. The maximum absolute atomic E-state index is 6.01. The molecule has 1 atom stereocenters. The Morgan fingerprint density at radius 2 is 1.91 bits per heavy atom. The van der Waals surface area contributed by atoms with Crippen molar-refractivity contribution in [3.63, 3.8) is 0 Å². The largest absolute Gasteiger partial charge is 0.376 e. The van der Waals surface area contributed by atoms with Gasteiger partial charge in [0.25, 0.3) is 0 Å². The first-order valence-electron chi connectivity index (χ1n) is 10.3. The first kappa shape index (κ1) is 21.0. The summed E-state index contributed by atoms with van der Waals surface area (Å²) in [6.45, 7) is 0. The molecule has 0 aliphatic carbocycles. The fraction of sp³-hybridized carbons (Fsp3) is 0.174. The highest BCUT2D eigenvalue weighted by Gasteiger charge is 2.16. The zero-order valence-corrected chi connectivity index (χ0v) is 18.8. The standard InChI is InChI=1S/C23H21ClN8O/c1-31-20(8-11-26-31)28-23-25-10-7-18(27-23)16-9-12-32-21(13-16)29-30-22(32)14-19(33-2)15-3-5-17(24)6-4-15/h3-13,19H,14H2,1-2H3,(H,25,27,28). The van der Waals surface area contributed by atoms with Gasteiger partial charge in [0.05, 0.1) is 18.0 Å². The Hall–Kier alpha value is -3.82. The van der Waals surface area contributed by atoms with E-state index < -0.39 is 0 Å². The normalized spacial score (nSPS) is 12.2. The van der Waals surface area contributed by atoms with Gasteiger partial charge in [-0.2, -0.15) is 5.10 Å². The molecule has 1 aromatic carbocycles. The molecule has 0 spiro atoms. The Kier molecular flexibility index (Phi) is 5.72. The molecule has 0 amide bonds. The number of aryl methyl sites for hydroxylation is 1. The Labute approximate surface area is 195 Å². The molecule has 0 aliphatic heterocycles. The van der Waals surface area contributed by atoms with E-state index in [-0.39, 0.29) is 6.10 Å². The van der Waals surface area contributed by atoms with E-state index in [4.69, 9.17) is 16.3 Å². The van der Waals surface area contributed by atoms with Gasteiger partial charge in [-0.3, -0.25) is 9.08 Å². The molecule has 1 unspecified atom stereocenters. The van der Waals surface area contributed by atoms with Crippen molar-refractivity contribution in [2.75, 3.05) is 12.4 Å². The van der Waals surface area contributed by atoms with Crippen molar-refractivity contribution in [1.82, 2.24) is 34.3 Å². The zero-order valence-electron chi connectivity index (χ0n) is 18.1. The Morgan fingerprint density at radius 3 is 2.67 bits per heavy atom. The number of nitrogens with one attached hydrogen (secondary N) is 1. The molecule has 4 aromatic heterocycles. The second-order valence-electron chi connectivity index (χ2n) is 7.47. The topological polar surface area (TPSA) is 95.0 Å². The number of halogens is 1. The summed E-state index contributed by atoms with van der Waals surface area (Å²) in [5.41, 5.74) is 3.45. The second kappa shape index (κ2) is 8.97. The van der Waals surface area contributed by atoms with Crippen LogP contribution in [0.25, 0.3) is 16.9 Å². The Morgan fingerprint density at radius 1 is 1.06 bits per heavy atom. The first-order chi connectivity index (χ1) is 16.1. The van der Waals surface area contributed by atoms with Crippen molar-refractivity contribution in [2.45, 2.75) is 12.5 Å². The summed E-state index contributed by atoms with van der Waals surface area (Å²) in [7, 11) is 3.54. The van der Waals surface area contributed by atoms with E-state index in [9.17, 15) is 0 Å². The number of anilines is 2. The van der Waals surface area contributed by atoms with E-state index >= 15 is 0 Å². The Balaban J connectivity index is 1.39. The third-order valence-electron chi connectivity index (χ3n) is 5.39.